The lowest BCUT2D eigenvalue weighted by molar-refractivity contribution is 0.0696. The van der Waals surface area contributed by atoms with E-state index in [9.17, 15) is 14.3 Å². The molecule has 3 N–H and O–H groups in total. The van der Waals surface area contributed by atoms with Crippen LogP contribution in [0.25, 0.3) is 0 Å². The highest BCUT2D eigenvalue weighted by molar-refractivity contribution is 5.89. The van der Waals surface area contributed by atoms with Crippen molar-refractivity contribution in [2.45, 2.75) is 0 Å². The smallest absolute Gasteiger partial charge is 0.335 e. The molecule has 0 unspecified atom stereocenters. The van der Waals surface area contributed by atoms with Gasteiger partial charge < -0.3 is 15.5 Å². The Labute approximate surface area is 102 Å². The van der Waals surface area contributed by atoms with Gasteiger partial charge in [-0.2, -0.15) is 0 Å². The maximum absolute atomic E-state index is 13.2. The van der Waals surface area contributed by atoms with Crippen LogP contribution in [-0.4, -0.2) is 16.2 Å². The number of carbonyl (C=O) groups is 1. The largest absolute Gasteiger partial charge is 0.506 e. The zero-order valence-electron chi connectivity index (χ0n) is 9.22. The summed E-state index contributed by atoms with van der Waals surface area (Å²) in [6.07, 6.45) is 0. The van der Waals surface area contributed by atoms with E-state index in [0.717, 1.165) is 12.1 Å². The Kier molecular flexibility index (Phi) is 3.14. The number of phenolic OH excluding ortho intramolecular Hbond substituents is 1. The molecule has 0 aliphatic rings. The van der Waals surface area contributed by atoms with E-state index < -0.39 is 11.8 Å². The van der Waals surface area contributed by atoms with Crippen LogP contribution in [0.4, 0.5) is 15.8 Å². The van der Waals surface area contributed by atoms with E-state index >= 15 is 0 Å². The Morgan fingerprint density at radius 3 is 2.56 bits per heavy atom. The van der Waals surface area contributed by atoms with Crippen LogP contribution in [0.5, 0.6) is 5.75 Å². The molecule has 92 valence electrons. The van der Waals surface area contributed by atoms with Crippen LogP contribution in [-0.2, 0) is 0 Å². The summed E-state index contributed by atoms with van der Waals surface area (Å²) >= 11 is 0. The van der Waals surface area contributed by atoms with E-state index in [1.165, 1.54) is 12.1 Å². The molecule has 2 rings (SSSR count). The number of phenols is 1. The van der Waals surface area contributed by atoms with E-state index in [0.29, 0.717) is 5.69 Å². The van der Waals surface area contributed by atoms with Crippen molar-refractivity contribution in [1.82, 2.24) is 0 Å². The van der Waals surface area contributed by atoms with Gasteiger partial charge in [-0.15, -0.1) is 0 Å². The Bertz CT molecular complexity index is 599. The molecule has 0 aliphatic heterocycles. The first kappa shape index (κ1) is 11.9. The Balaban J connectivity index is 2.35. The number of halogens is 1. The number of carboxylic acids is 1. The zero-order valence-corrected chi connectivity index (χ0v) is 9.22. The monoisotopic (exact) mass is 247 g/mol. The third-order valence-corrected chi connectivity index (χ3v) is 2.33. The molecule has 0 saturated carbocycles. The molecule has 0 atom stereocenters. The maximum Gasteiger partial charge on any atom is 0.335 e. The van der Waals surface area contributed by atoms with E-state index in [1.54, 1.807) is 18.2 Å². The lowest BCUT2D eigenvalue weighted by atomic mass is 10.2. The highest BCUT2D eigenvalue weighted by atomic mass is 19.1. The molecular weight excluding hydrogens is 237 g/mol. The van der Waals surface area contributed by atoms with Gasteiger partial charge in [0, 0.05) is 5.69 Å². The molecule has 0 bridgehead atoms. The minimum Gasteiger partial charge on any atom is -0.506 e. The van der Waals surface area contributed by atoms with Gasteiger partial charge in [-0.3, -0.25) is 0 Å². The molecule has 0 spiro atoms. The number of hydrogen-bond acceptors (Lipinski definition) is 3. The molecule has 18 heavy (non-hydrogen) atoms. The van der Waals surface area contributed by atoms with Crippen molar-refractivity contribution in [2.24, 2.45) is 0 Å². The van der Waals surface area contributed by atoms with Crippen LogP contribution in [0.3, 0.4) is 0 Å². The molecule has 0 aliphatic carbocycles. The first-order valence-corrected chi connectivity index (χ1v) is 5.15. The van der Waals surface area contributed by atoms with Crippen molar-refractivity contribution in [3.05, 3.63) is 53.8 Å². The summed E-state index contributed by atoms with van der Waals surface area (Å²) in [5.41, 5.74) is 0.473. The third-order valence-electron chi connectivity index (χ3n) is 2.33. The lowest BCUT2D eigenvalue weighted by Crippen LogP contribution is -1.99. The van der Waals surface area contributed by atoms with Crippen LogP contribution in [0.15, 0.2) is 42.5 Å². The molecule has 0 amide bonds. The number of aromatic carboxylic acids is 1. The van der Waals surface area contributed by atoms with Gasteiger partial charge in [0.2, 0.25) is 0 Å². The molecule has 0 saturated heterocycles. The first-order valence-electron chi connectivity index (χ1n) is 5.15. The molecule has 2 aromatic rings. The second kappa shape index (κ2) is 4.75. The summed E-state index contributed by atoms with van der Waals surface area (Å²) < 4.78 is 13.2. The van der Waals surface area contributed by atoms with Crippen molar-refractivity contribution in [2.75, 3.05) is 5.32 Å². The molecule has 0 aromatic heterocycles. The lowest BCUT2D eigenvalue weighted by Gasteiger charge is -2.09. The number of benzene rings is 2. The van der Waals surface area contributed by atoms with Gasteiger partial charge in [0.15, 0.2) is 0 Å². The average Bonchev–Trinajstić information content (AvgIpc) is 2.31. The highest BCUT2D eigenvalue weighted by Gasteiger charge is 2.08. The van der Waals surface area contributed by atoms with Crippen molar-refractivity contribution in [3.63, 3.8) is 0 Å². The molecule has 0 heterocycles. The Morgan fingerprint density at radius 2 is 1.89 bits per heavy atom. The fourth-order valence-electron chi connectivity index (χ4n) is 1.52. The number of aromatic hydroxyl groups is 1. The zero-order chi connectivity index (χ0) is 13.1. The normalized spacial score (nSPS) is 10.1. The molecule has 2 aromatic carbocycles. The fraction of sp³-hybridized carbons (Fsp3) is 0. The number of anilines is 2. The second-order valence-electron chi connectivity index (χ2n) is 3.68. The van der Waals surface area contributed by atoms with Gasteiger partial charge in [0.05, 0.1) is 11.3 Å². The number of nitrogens with one attached hydrogen (secondary N) is 1. The molecule has 0 radical (unpaired) electrons. The predicted molar refractivity (Wildman–Crippen MR) is 64.7 cm³/mol. The number of carboxylic acid groups (broad SMARTS) is 1. The van der Waals surface area contributed by atoms with Gasteiger partial charge in [-0.05, 0) is 30.3 Å². The summed E-state index contributed by atoms with van der Waals surface area (Å²) in [5.74, 6) is -1.87. The molecule has 4 nitrogen and oxygen atoms in total. The second-order valence-corrected chi connectivity index (χ2v) is 3.68. The summed E-state index contributed by atoms with van der Waals surface area (Å²) in [4.78, 5) is 10.8. The molecular formula is C13H10FNO3. The maximum atomic E-state index is 13.2. The highest BCUT2D eigenvalue weighted by Crippen LogP contribution is 2.26. The van der Waals surface area contributed by atoms with E-state index in [1.807, 2.05) is 0 Å². The van der Waals surface area contributed by atoms with Gasteiger partial charge in [0.25, 0.3) is 0 Å². The van der Waals surface area contributed by atoms with Crippen molar-refractivity contribution >= 4 is 17.3 Å². The van der Waals surface area contributed by atoms with Crippen LogP contribution < -0.4 is 5.32 Å². The van der Waals surface area contributed by atoms with Crippen LogP contribution in [0.1, 0.15) is 10.4 Å². The number of rotatable bonds is 3. The van der Waals surface area contributed by atoms with Crippen LogP contribution >= 0.6 is 0 Å². The van der Waals surface area contributed by atoms with E-state index in [-0.39, 0.29) is 17.0 Å². The topological polar surface area (TPSA) is 69.6 Å². The number of para-hydroxylation sites is 2. The van der Waals surface area contributed by atoms with E-state index in [4.69, 9.17) is 5.11 Å². The van der Waals surface area contributed by atoms with Gasteiger partial charge >= 0.3 is 5.97 Å². The third kappa shape index (κ3) is 2.57. The summed E-state index contributed by atoms with van der Waals surface area (Å²) in [6.45, 7) is 0. The minimum absolute atomic E-state index is 0.00126. The SMILES string of the molecule is O=C(O)c1cc(F)cc(Nc2ccccc2O)c1. The number of hydrogen-bond donors (Lipinski definition) is 3. The van der Waals surface area contributed by atoms with Gasteiger partial charge in [-0.1, -0.05) is 12.1 Å². The molecule has 5 heteroatoms. The summed E-state index contributed by atoms with van der Waals surface area (Å²) in [5, 5.41) is 21.1. The standard InChI is InChI=1S/C13H10FNO3/c14-9-5-8(13(17)18)6-10(7-9)15-11-3-1-2-4-12(11)16/h1-7,15-16H,(H,17,18). The minimum atomic E-state index is -1.21. The summed E-state index contributed by atoms with van der Waals surface area (Å²) in [7, 11) is 0. The first-order chi connectivity index (χ1) is 8.56. The van der Waals surface area contributed by atoms with Crippen molar-refractivity contribution < 1.29 is 19.4 Å². The van der Waals surface area contributed by atoms with Gasteiger partial charge in [-0.25, -0.2) is 9.18 Å². The predicted octanol–water partition coefficient (Wildman–Crippen LogP) is 2.97. The van der Waals surface area contributed by atoms with Crippen molar-refractivity contribution in [1.29, 1.82) is 0 Å². The van der Waals surface area contributed by atoms with Gasteiger partial charge in [0.1, 0.15) is 11.6 Å². The molecule has 0 fully saturated rings. The quantitative estimate of drug-likeness (QED) is 0.729. The fourth-order valence-corrected chi connectivity index (χ4v) is 1.52. The van der Waals surface area contributed by atoms with Crippen LogP contribution in [0, 0.1) is 5.82 Å². The van der Waals surface area contributed by atoms with E-state index in [2.05, 4.69) is 5.32 Å². The summed E-state index contributed by atoms with van der Waals surface area (Å²) in [6, 6.07) is 9.78. The van der Waals surface area contributed by atoms with Crippen LogP contribution in [0.2, 0.25) is 0 Å². The van der Waals surface area contributed by atoms with Crippen molar-refractivity contribution in [3.8, 4) is 5.75 Å². The Morgan fingerprint density at radius 1 is 1.17 bits per heavy atom. The average molecular weight is 247 g/mol. The Hall–Kier alpha value is -2.56.